The number of aromatic nitrogens is 1. The van der Waals surface area contributed by atoms with E-state index in [9.17, 15) is 0 Å². The van der Waals surface area contributed by atoms with Crippen molar-refractivity contribution in [3.05, 3.63) is 24.0 Å². The number of pyridine rings is 1. The van der Waals surface area contributed by atoms with Gasteiger partial charge in [-0.1, -0.05) is 6.92 Å². The lowest BCUT2D eigenvalue weighted by Crippen LogP contribution is -2.27. The maximum absolute atomic E-state index is 8.72. The van der Waals surface area contributed by atoms with E-state index in [1.54, 1.807) is 0 Å². The maximum atomic E-state index is 8.72. The summed E-state index contributed by atoms with van der Waals surface area (Å²) in [5, 5.41) is 12.1. The van der Waals surface area contributed by atoms with Gasteiger partial charge in [-0.2, -0.15) is 5.26 Å². The second kappa shape index (κ2) is 7.10. The van der Waals surface area contributed by atoms with Gasteiger partial charge in [0.05, 0.1) is 11.8 Å². The van der Waals surface area contributed by atoms with Crippen molar-refractivity contribution in [2.75, 3.05) is 18.4 Å². The van der Waals surface area contributed by atoms with Crippen molar-refractivity contribution in [2.45, 2.75) is 45.2 Å². The Hall–Kier alpha value is -1.60. The van der Waals surface area contributed by atoms with Gasteiger partial charge in [-0.15, -0.1) is 0 Å². The number of nitrogens with zero attached hydrogens (tertiary/aromatic N) is 3. The SMILES string of the molecule is CCCNc1ccnc(CN(CCC#N)C2CC2)c1. The van der Waals surface area contributed by atoms with Gasteiger partial charge in [0.15, 0.2) is 0 Å². The van der Waals surface area contributed by atoms with E-state index in [0.29, 0.717) is 12.5 Å². The molecule has 0 unspecified atom stereocenters. The van der Waals surface area contributed by atoms with Crippen molar-refractivity contribution in [1.82, 2.24) is 9.88 Å². The molecule has 102 valence electrons. The van der Waals surface area contributed by atoms with Crippen molar-refractivity contribution < 1.29 is 0 Å². The molecule has 1 aliphatic carbocycles. The van der Waals surface area contributed by atoms with E-state index in [4.69, 9.17) is 5.26 Å². The van der Waals surface area contributed by atoms with Crippen LogP contribution in [0, 0.1) is 11.3 Å². The molecule has 1 fully saturated rings. The highest BCUT2D eigenvalue weighted by atomic mass is 15.2. The predicted molar refractivity (Wildman–Crippen MR) is 76.7 cm³/mol. The molecule has 0 radical (unpaired) electrons. The van der Waals surface area contributed by atoms with E-state index in [2.05, 4.69) is 34.3 Å². The Morgan fingerprint density at radius 2 is 2.37 bits per heavy atom. The Morgan fingerprint density at radius 1 is 1.53 bits per heavy atom. The molecule has 19 heavy (non-hydrogen) atoms. The second-order valence-electron chi connectivity index (χ2n) is 5.07. The molecule has 0 aromatic carbocycles. The van der Waals surface area contributed by atoms with Crippen LogP contribution in [0.3, 0.4) is 0 Å². The molecule has 4 nitrogen and oxygen atoms in total. The molecule has 0 atom stereocenters. The fourth-order valence-electron chi connectivity index (χ4n) is 2.18. The van der Waals surface area contributed by atoms with Crippen molar-refractivity contribution in [2.24, 2.45) is 0 Å². The van der Waals surface area contributed by atoms with Crippen LogP contribution in [0.2, 0.25) is 0 Å². The largest absolute Gasteiger partial charge is 0.385 e. The highest BCUT2D eigenvalue weighted by Gasteiger charge is 2.28. The van der Waals surface area contributed by atoms with Gasteiger partial charge < -0.3 is 5.32 Å². The van der Waals surface area contributed by atoms with Crippen LogP contribution in [-0.2, 0) is 6.54 Å². The van der Waals surface area contributed by atoms with Gasteiger partial charge in [0.1, 0.15) is 0 Å². The van der Waals surface area contributed by atoms with Crippen LogP contribution >= 0.6 is 0 Å². The fraction of sp³-hybridized carbons (Fsp3) is 0.600. The molecule has 1 N–H and O–H groups in total. The number of hydrogen-bond donors (Lipinski definition) is 1. The summed E-state index contributed by atoms with van der Waals surface area (Å²) in [6, 6.07) is 7.03. The van der Waals surface area contributed by atoms with Gasteiger partial charge >= 0.3 is 0 Å². The zero-order valence-electron chi connectivity index (χ0n) is 11.6. The lowest BCUT2D eigenvalue weighted by atomic mass is 10.2. The molecule has 1 saturated carbocycles. The summed E-state index contributed by atoms with van der Waals surface area (Å²) in [6.45, 7) is 4.86. The van der Waals surface area contributed by atoms with Gasteiger partial charge in [0, 0.05) is 44.0 Å². The summed E-state index contributed by atoms with van der Waals surface area (Å²) in [5.41, 5.74) is 2.23. The summed E-state index contributed by atoms with van der Waals surface area (Å²) in [7, 11) is 0. The molecule has 2 rings (SSSR count). The monoisotopic (exact) mass is 258 g/mol. The minimum Gasteiger partial charge on any atom is -0.385 e. The number of hydrogen-bond acceptors (Lipinski definition) is 4. The smallest absolute Gasteiger partial charge is 0.0635 e. The molecular formula is C15H22N4. The molecular weight excluding hydrogens is 236 g/mol. The molecule has 0 saturated heterocycles. The number of rotatable bonds is 8. The van der Waals surface area contributed by atoms with Crippen LogP contribution in [0.5, 0.6) is 0 Å². The van der Waals surface area contributed by atoms with Crippen LogP contribution in [-0.4, -0.2) is 29.0 Å². The van der Waals surface area contributed by atoms with E-state index >= 15 is 0 Å². The van der Waals surface area contributed by atoms with Crippen LogP contribution in [0.4, 0.5) is 5.69 Å². The fourth-order valence-corrected chi connectivity index (χ4v) is 2.18. The first-order valence-electron chi connectivity index (χ1n) is 7.13. The van der Waals surface area contributed by atoms with Crippen molar-refractivity contribution in [3.63, 3.8) is 0 Å². The van der Waals surface area contributed by atoms with Crippen molar-refractivity contribution >= 4 is 5.69 Å². The molecule has 0 bridgehead atoms. The Morgan fingerprint density at radius 3 is 3.05 bits per heavy atom. The van der Waals surface area contributed by atoms with Crippen LogP contribution < -0.4 is 5.32 Å². The number of nitrogens with one attached hydrogen (secondary N) is 1. The topological polar surface area (TPSA) is 52.0 Å². The average Bonchev–Trinajstić information content (AvgIpc) is 3.26. The maximum Gasteiger partial charge on any atom is 0.0635 e. The van der Waals surface area contributed by atoms with Crippen molar-refractivity contribution in [3.8, 4) is 6.07 Å². The van der Waals surface area contributed by atoms with Gasteiger partial charge in [-0.25, -0.2) is 0 Å². The van der Waals surface area contributed by atoms with Crippen molar-refractivity contribution in [1.29, 1.82) is 5.26 Å². The van der Waals surface area contributed by atoms with Gasteiger partial charge in [0.2, 0.25) is 0 Å². The van der Waals surface area contributed by atoms with Crippen LogP contribution in [0.1, 0.15) is 38.3 Å². The molecule has 1 heterocycles. The summed E-state index contributed by atoms with van der Waals surface area (Å²) in [6.07, 6.45) is 6.11. The Kier molecular flexibility index (Phi) is 5.17. The molecule has 1 aromatic rings. The van der Waals surface area contributed by atoms with Crippen LogP contribution in [0.15, 0.2) is 18.3 Å². The zero-order valence-corrected chi connectivity index (χ0v) is 11.6. The number of anilines is 1. The summed E-state index contributed by atoms with van der Waals surface area (Å²) in [4.78, 5) is 6.83. The summed E-state index contributed by atoms with van der Waals surface area (Å²) >= 11 is 0. The predicted octanol–water partition coefficient (Wildman–Crippen LogP) is 2.78. The third-order valence-corrected chi connectivity index (χ3v) is 3.33. The van der Waals surface area contributed by atoms with E-state index in [1.807, 2.05) is 12.3 Å². The van der Waals surface area contributed by atoms with Gasteiger partial charge in [-0.05, 0) is 31.4 Å². The van der Waals surface area contributed by atoms with Gasteiger partial charge in [0.25, 0.3) is 0 Å². The third kappa shape index (κ3) is 4.53. The normalized spacial score (nSPS) is 14.4. The first-order valence-corrected chi connectivity index (χ1v) is 7.13. The van der Waals surface area contributed by atoms with E-state index < -0.39 is 0 Å². The molecule has 0 aliphatic heterocycles. The lowest BCUT2D eigenvalue weighted by molar-refractivity contribution is 0.258. The van der Waals surface area contributed by atoms with Crippen LogP contribution in [0.25, 0.3) is 0 Å². The molecule has 1 aromatic heterocycles. The quantitative estimate of drug-likeness (QED) is 0.779. The number of nitriles is 1. The Bertz CT molecular complexity index is 434. The van der Waals surface area contributed by atoms with E-state index in [-0.39, 0.29) is 0 Å². The average molecular weight is 258 g/mol. The molecule has 4 heteroatoms. The Labute approximate surface area is 115 Å². The zero-order chi connectivity index (χ0) is 13.5. The minimum atomic E-state index is 0.601. The minimum absolute atomic E-state index is 0.601. The van der Waals surface area contributed by atoms with E-state index in [0.717, 1.165) is 37.4 Å². The van der Waals surface area contributed by atoms with Gasteiger partial charge in [-0.3, -0.25) is 9.88 Å². The highest BCUT2D eigenvalue weighted by molar-refractivity contribution is 5.43. The molecule has 0 spiro atoms. The van der Waals surface area contributed by atoms with E-state index in [1.165, 1.54) is 12.8 Å². The lowest BCUT2D eigenvalue weighted by Gasteiger charge is -2.20. The standard InChI is InChI=1S/C15H22N4/c1-2-8-17-13-6-9-18-14(11-13)12-19(10-3-7-16)15-4-5-15/h6,9,11,15H,2-5,8,10,12H2,1H3,(H,17,18). The summed E-state index contributed by atoms with van der Waals surface area (Å²) < 4.78 is 0. The molecule has 0 amide bonds. The summed E-state index contributed by atoms with van der Waals surface area (Å²) in [5.74, 6) is 0. The third-order valence-electron chi connectivity index (χ3n) is 3.33. The Balaban J connectivity index is 1.94. The first kappa shape index (κ1) is 13.8. The highest BCUT2D eigenvalue weighted by Crippen LogP contribution is 2.28. The second-order valence-corrected chi connectivity index (χ2v) is 5.07. The first-order chi connectivity index (χ1) is 9.33. The molecule has 1 aliphatic rings.